The summed E-state index contributed by atoms with van der Waals surface area (Å²) in [4.78, 5) is 11.9. The van der Waals surface area contributed by atoms with Crippen LogP contribution in [0.2, 0.25) is 5.02 Å². The molecule has 2 amide bonds. The molecule has 0 aliphatic heterocycles. The molecule has 8 heteroatoms. The van der Waals surface area contributed by atoms with Gasteiger partial charge < -0.3 is 15.4 Å². The maximum Gasteiger partial charge on any atom is 0.319 e. The van der Waals surface area contributed by atoms with E-state index in [-0.39, 0.29) is 25.0 Å². The number of nitrogens with zero attached hydrogens (tertiary/aromatic N) is 2. The van der Waals surface area contributed by atoms with E-state index in [1.165, 1.54) is 12.1 Å². The van der Waals surface area contributed by atoms with Crippen LogP contribution < -0.4 is 15.4 Å². The SMILES string of the molecule is Cc1c(Cl)cccc1NC(=O)NCCOc1ccc(-c2ccc(F)cc2)nn1. The van der Waals surface area contributed by atoms with E-state index in [0.29, 0.717) is 22.3 Å². The summed E-state index contributed by atoms with van der Waals surface area (Å²) in [6.07, 6.45) is 0. The number of benzene rings is 2. The van der Waals surface area contributed by atoms with Crippen molar-refractivity contribution in [2.75, 3.05) is 18.5 Å². The molecule has 28 heavy (non-hydrogen) atoms. The van der Waals surface area contributed by atoms with Crippen LogP contribution in [-0.2, 0) is 0 Å². The summed E-state index contributed by atoms with van der Waals surface area (Å²) in [5.74, 6) is 0.0254. The molecule has 0 bridgehead atoms. The van der Waals surface area contributed by atoms with E-state index >= 15 is 0 Å². The van der Waals surface area contributed by atoms with Crippen molar-refractivity contribution in [2.45, 2.75) is 6.92 Å². The highest BCUT2D eigenvalue weighted by Crippen LogP contribution is 2.22. The summed E-state index contributed by atoms with van der Waals surface area (Å²) in [5, 5.41) is 14.0. The zero-order valence-corrected chi connectivity index (χ0v) is 15.8. The Hall–Kier alpha value is -3.19. The Kier molecular flexibility index (Phi) is 6.39. The van der Waals surface area contributed by atoms with Crippen molar-refractivity contribution in [1.29, 1.82) is 0 Å². The van der Waals surface area contributed by atoms with Gasteiger partial charge in [-0.15, -0.1) is 10.2 Å². The van der Waals surface area contributed by atoms with E-state index in [1.54, 1.807) is 42.5 Å². The largest absolute Gasteiger partial charge is 0.475 e. The van der Waals surface area contributed by atoms with Crippen molar-refractivity contribution < 1.29 is 13.9 Å². The molecular formula is C20H18ClFN4O2. The normalized spacial score (nSPS) is 10.4. The van der Waals surface area contributed by atoms with Crippen molar-refractivity contribution in [2.24, 2.45) is 0 Å². The predicted molar refractivity (Wildman–Crippen MR) is 106 cm³/mol. The molecule has 0 atom stereocenters. The molecule has 3 rings (SSSR count). The Bertz CT molecular complexity index is 949. The van der Waals surface area contributed by atoms with Gasteiger partial charge in [0.2, 0.25) is 5.88 Å². The molecule has 1 heterocycles. The van der Waals surface area contributed by atoms with Gasteiger partial charge in [0.15, 0.2) is 0 Å². The van der Waals surface area contributed by atoms with E-state index in [0.717, 1.165) is 11.1 Å². The van der Waals surface area contributed by atoms with Gasteiger partial charge in [-0.25, -0.2) is 9.18 Å². The minimum atomic E-state index is -0.355. The number of carbonyl (C=O) groups is 1. The number of urea groups is 1. The average Bonchev–Trinajstić information content (AvgIpc) is 2.70. The molecular weight excluding hydrogens is 383 g/mol. The summed E-state index contributed by atoms with van der Waals surface area (Å²) in [6, 6.07) is 14.3. The number of amides is 2. The number of hydrogen-bond acceptors (Lipinski definition) is 4. The smallest absolute Gasteiger partial charge is 0.319 e. The molecule has 2 aromatic carbocycles. The summed E-state index contributed by atoms with van der Waals surface area (Å²) < 4.78 is 18.4. The first-order valence-electron chi connectivity index (χ1n) is 8.55. The molecule has 0 aliphatic carbocycles. The summed E-state index contributed by atoms with van der Waals surface area (Å²) in [5.41, 5.74) is 2.82. The molecule has 3 aromatic rings. The highest BCUT2D eigenvalue weighted by atomic mass is 35.5. The first kappa shape index (κ1) is 19.6. The van der Waals surface area contributed by atoms with Gasteiger partial charge in [0.1, 0.15) is 12.4 Å². The number of halogens is 2. The second kappa shape index (κ2) is 9.14. The Morgan fingerprint density at radius 2 is 1.89 bits per heavy atom. The number of hydrogen-bond donors (Lipinski definition) is 2. The Labute approximate surface area is 166 Å². The molecule has 0 radical (unpaired) electrons. The topological polar surface area (TPSA) is 76.1 Å². The van der Waals surface area contributed by atoms with E-state index < -0.39 is 0 Å². The lowest BCUT2D eigenvalue weighted by molar-refractivity contribution is 0.246. The van der Waals surface area contributed by atoms with Crippen LogP contribution in [0.1, 0.15) is 5.56 Å². The minimum Gasteiger partial charge on any atom is -0.475 e. The lowest BCUT2D eigenvalue weighted by atomic mass is 10.1. The van der Waals surface area contributed by atoms with Gasteiger partial charge in [0, 0.05) is 22.3 Å². The van der Waals surface area contributed by atoms with Crippen LogP contribution in [0.3, 0.4) is 0 Å². The number of carbonyl (C=O) groups excluding carboxylic acids is 1. The molecule has 2 N–H and O–H groups in total. The van der Waals surface area contributed by atoms with Gasteiger partial charge in [-0.2, -0.15) is 0 Å². The van der Waals surface area contributed by atoms with Crippen LogP contribution in [-0.4, -0.2) is 29.4 Å². The molecule has 144 valence electrons. The molecule has 6 nitrogen and oxygen atoms in total. The third kappa shape index (κ3) is 5.17. The van der Waals surface area contributed by atoms with E-state index in [1.807, 2.05) is 6.92 Å². The van der Waals surface area contributed by atoms with E-state index in [2.05, 4.69) is 20.8 Å². The van der Waals surface area contributed by atoms with Gasteiger partial charge in [-0.05, 0) is 55.0 Å². The van der Waals surface area contributed by atoms with Gasteiger partial charge in [0.25, 0.3) is 0 Å². The fraction of sp³-hybridized carbons (Fsp3) is 0.150. The van der Waals surface area contributed by atoms with Crippen LogP contribution in [0.25, 0.3) is 11.3 Å². The van der Waals surface area contributed by atoms with Crippen LogP contribution in [0.15, 0.2) is 54.6 Å². The number of anilines is 1. The highest BCUT2D eigenvalue weighted by molar-refractivity contribution is 6.31. The van der Waals surface area contributed by atoms with Gasteiger partial charge in [-0.3, -0.25) is 0 Å². The van der Waals surface area contributed by atoms with Crippen molar-refractivity contribution >= 4 is 23.3 Å². The van der Waals surface area contributed by atoms with Crippen molar-refractivity contribution in [3.63, 3.8) is 0 Å². The summed E-state index contributed by atoms with van der Waals surface area (Å²) >= 11 is 6.03. The van der Waals surface area contributed by atoms with Gasteiger partial charge in [-0.1, -0.05) is 17.7 Å². The standard InChI is InChI=1S/C20H18ClFN4O2/c1-13-16(21)3-2-4-17(13)24-20(27)23-11-12-28-19-10-9-18(25-26-19)14-5-7-15(22)8-6-14/h2-10H,11-12H2,1H3,(H2,23,24,27). The average molecular weight is 401 g/mol. The van der Waals surface area contributed by atoms with Crippen molar-refractivity contribution in [3.05, 3.63) is 71.0 Å². The van der Waals surface area contributed by atoms with Crippen LogP contribution in [0, 0.1) is 12.7 Å². The summed E-state index contributed by atoms with van der Waals surface area (Å²) in [7, 11) is 0. The molecule has 0 aliphatic rings. The van der Waals surface area contributed by atoms with Gasteiger partial charge >= 0.3 is 6.03 Å². The third-order valence-corrected chi connectivity index (χ3v) is 4.34. The first-order valence-corrected chi connectivity index (χ1v) is 8.93. The van der Waals surface area contributed by atoms with E-state index in [4.69, 9.17) is 16.3 Å². The molecule has 0 saturated heterocycles. The maximum atomic E-state index is 13.0. The van der Waals surface area contributed by atoms with E-state index in [9.17, 15) is 9.18 Å². The minimum absolute atomic E-state index is 0.229. The van der Waals surface area contributed by atoms with Crippen LogP contribution in [0.4, 0.5) is 14.9 Å². The number of nitrogens with one attached hydrogen (secondary N) is 2. The molecule has 0 saturated carbocycles. The molecule has 0 fully saturated rings. The van der Waals surface area contributed by atoms with Crippen molar-refractivity contribution in [3.8, 4) is 17.1 Å². The van der Waals surface area contributed by atoms with Gasteiger partial charge in [0.05, 0.1) is 12.2 Å². The number of ether oxygens (including phenoxy) is 1. The maximum absolute atomic E-state index is 13.0. The zero-order chi connectivity index (χ0) is 19.9. The first-order chi connectivity index (χ1) is 13.5. The molecule has 0 spiro atoms. The quantitative estimate of drug-likeness (QED) is 0.599. The second-order valence-corrected chi connectivity index (χ2v) is 6.31. The molecule has 1 aromatic heterocycles. The predicted octanol–water partition coefficient (Wildman–Crippen LogP) is 4.45. The Morgan fingerprint density at radius 1 is 1.11 bits per heavy atom. The molecule has 0 unspecified atom stereocenters. The highest BCUT2D eigenvalue weighted by Gasteiger charge is 2.06. The zero-order valence-electron chi connectivity index (χ0n) is 15.1. The van der Waals surface area contributed by atoms with Crippen LogP contribution in [0.5, 0.6) is 5.88 Å². The Morgan fingerprint density at radius 3 is 2.61 bits per heavy atom. The lowest BCUT2D eigenvalue weighted by Crippen LogP contribution is -2.32. The summed E-state index contributed by atoms with van der Waals surface area (Å²) in [6.45, 7) is 2.34. The Balaban J connectivity index is 1.44. The monoisotopic (exact) mass is 400 g/mol. The third-order valence-electron chi connectivity index (χ3n) is 3.93. The number of aromatic nitrogens is 2. The van der Waals surface area contributed by atoms with Crippen LogP contribution >= 0.6 is 11.6 Å². The second-order valence-electron chi connectivity index (χ2n) is 5.91. The lowest BCUT2D eigenvalue weighted by Gasteiger charge is -2.11. The van der Waals surface area contributed by atoms with Crippen molar-refractivity contribution in [1.82, 2.24) is 15.5 Å². The fourth-order valence-electron chi connectivity index (χ4n) is 2.40. The number of rotatable bonds is 6. The fourth-order valence-corrected chi connectivity index (χ4v) is 2.58.